The van der Waals surface area contributed by atoms with Gasteiger partial charge in [-0.2, -0.15) is 0 Å². The molecule has 0 heterocycles. The van der Waals surface area contributed by atoms with Crippen LogP contribution in [-0.4, -0.2) is 6.29 Å². The molecule has 0 atom stereocenters. The molecule has 0 N–H and O–H groups in total. The topological polar surface area (TPSA) is 17.1 Å². The summed E-state index contributed by atoms with van der Waals surface area (Å²) in [4.78, 5) is 9.83. The van der Waals surface area contributed by atoms with Crippen molar-refractivity contribution >= 4 is 6.29 Å². The van der Waals surface area contributed by atoms with Crippen molar-refractivity contribution in [1.82, 2.24) is 0 Å². The quantitative estimate of drug-likeness (QED) is 0.400. The van der Waals surface area contributed by atoms with E-state index in [9.17, 15) is 4.79 Å². The minimum absolute atomic E-state index is 0.583. The Morgan fingerprint density at radius 2 is 1.75 bits per heavy atom. The predicted molar refractivity (Wildman–Crippen MR) is 52.8 cm³/mol. The smallest absolute Gasteiger partial charge is 0.198 e. The maximum Gasteiger partial charge on any atom is 0.198 e. The normalized spacial score (nSPS) is 10.8. The maximum absolute atomic E-state index is 9.83. The number of carbonyl (C=O) groups excluding carboxylic acids is 1. The number of unbranched alkanes of at least 4 members (excludes halogenated alkanes) is 5. The average Bonchev–Trinajstić information content (AvgIpc) is 2.10. The van der Waals surface area contributed by atoms with Crippen molar-refractivity contribution < 1.29 is 4.79 Å². The van der Waals surface area contributed by atoms with Crippen LogP contribution < -0.4 is 0 Å². The summed E-state index contributed by atoms with van der Waals surface area (Å²) in [5, 5.41) is 0. The molecular weight excluding hydrogens is 148 g/mol. The van der Waals surface area contributed by atoms with Gasteiger partial charge in [-0.1, -0.05) is 31.9 Å². The van der Waals surface area contributed by atoms with E-state index in [2.05, 4.69) is 19.1 Å². The summed E-state index contributed by atoms with van der Waals surface area (Å²) in [7, 11) is 0. The van der Waals surface area contributed by atoms with E-state index < -0.39 is 0 Å². The number of rotatable bonds is 8. The van der Waals surface area contributed by atoms with Crippen molar-refractivity contribution in [2.24, 2.45) is 0 Å². The third kappa shape index (κ3) is 9.41. The Bertz CT molecular complexity index is 116. The van der Waals surface area contributed by atoms with Crippen LogP contribution in [0, 0.1) is 0 Å². The zero-order valence-corrected chi connectivity index (χ0v) is 8.01. The average molecular weight is 167 g/mol. The molecule has 0 aliphatic carbocycles. The van der Waals surface area contributed by atoms with Gasteiger partial charge in [0.2, 0.25) is 0 Å². The van der Waals surface area contributed by atoms with E-state index in [4.69, 9.17) is 0 Å². The summed E-state index contributed by atoms with van der Waals surface area (Å²) in [5.41, 5.74) is 0. The van der Waals surface area contributed by atoms with Gasteiger partial charge in [0.15, 0.2) is 6.29 Å². The molecular formula is C11H19O. The van der Waals surface area contributed by atoms with Crippen LogP contribution in [0.3, 0.4) is 0 Å². The predicted octanol–water partition coefficient (Wildman–Crippen LogP) is 3.40. The van der Waals surface area contributed by atoms with Gasteiger partial charge < -0.3 is 0 Å². The Hall–Kier alpha value is -0.590. The van der Waals surface area contributed by atoms with Crippen molar-refractivity contribution in [3.8, 4) is 0 Å². The fourth-order valence-electron chi connectivity index (χ4n) is 1.04. The van der Waals surface area contributed by atoms with Gasteiger partial charge in [-0.15, -0.1) is 0 Å². The largest absolute Gasteiger partial charge is 0.291 e. The molecule has 69 valence electrons. The molecule has 0 aromatic carbocycles. The van der Waals surface area contributed by atoms with Crippen LogP contribution in [0.15, 0.2) is 12.2 Å². The van der Waals surface area contributed by atoms with E-state index in [1.54, 1.807) is 0 Å². The molecule has 0 rings (SSSR count). The van der Waals surface area contributed by atoms with Gasteiger partial charge in [-0.3, -0.25) is 4.79 Å². The standard InChI is InChI=1S/C11H19O/c1-2-3-4-5-6-7-8-9-10-11-12/h6-7H,2-5,8-10H2,1H3/b7-6+. The van der Waals surface area contributed by atoms with Crippen molar-refractivity contribution in [1.29, 1.82) is 0 Å². The Balaban J connectivity index is 2.98. The Morgan fingerprint density at radius 3 is 2.33 bits per heavy atom. The molecule has 0 aromatic heterocycles. The van der Waals surface area contributed by atoms with Gasteiger partial charge in [-0.05, 0) is 25.7 Å². The van der Waals surface area contributed by atoms with Crippen molar-refractivity contribution in [3.63, 3.8) is 0 Å². The van der Waals surface area contributed by atoms with E-state index >= 15 is 0 Å². The lowest BCUT2D eigenvalue weighted by atomic mass is 10.2. The van der Waals surface area contributed by atoms with Crippen LogP contribution >= 0.6 is 0 Å². The van der Waals surface area contributed by atoms with E-state index in [-0.39, 0.29) is 0 Å². The zero-order valence-electron chi connectivity index (χ0n) is 8.01. The highest BCUT2D eigenvalue weighted by atomic mass is 16.1. The third-order valence-electron chi connectivity index (χ3n) is 1.79. The first kappa shape index (κ1) is 11.4. The first-order chi connectivity index (χ1) is 5.91. The molecule has 0 unspecified atom stereocenters. The van der Waals surface area contributed by atoms with Crippen LogP contribution in [0.4, 0.5) is 0 Å². The molecule has 0 fully saturated rings. The second-order valence-electron chi connectivity index (χ2n) is 3.00. The fourth-order valence-corrected chi connectivity index (χ4v) is 1.04. The van der Waals surface area contributed by atoms with Crippen LogP contribution in [-0.2, 0) is 4.79 Å². The molecule has 0 aromatic rings. The summed E-state index contributed by atoms with van der Waals surface area (Å²) in [6.07, 6.45) is 14.0. The van der Waals surface area contributed by atoms with Gasteiger partial charge in [0.1, 0.15) is 0 Å². The molecule has 0 saturated carbocycles. The highest BCUT2D eigenvalue weighted by Gasteiger charge is 1.83. The molecule has 0 aliphatic rings. The lowest BCUT2D eigenvalue weighted by Gasteiger charge is -1.91. The van der Waals surface area contributed by atoms with Gasteiger partial charge in [0, 0.05) is 6.42 Å². The van der Waals surface area contributed by atoms with Gasteiger partial charge >= 0.3 is 0 Å². The monoisotopic (exact) mass is 167 g/mol. The molecule has 0 saturated heterocycles. The maximum atomic E-state index is 9.83. The van der Waals surface area contributed by atoms with E-state index in [0.29, 0.717) is 6.42 Å². The molecule has 0 spiro atoms. The van der Waals surface area contributed by atoms with E-state index in [1.807, 2.05) is 6.29 Å². The summed E-state index contributed by atoms with van der Waals surface area (Å²) in [6.45, 7) is 2.21. The number of hydrogen-bond acceptors (Lipinski definition) is 1. The van der Waals surface area contributed by atoms with Crippen molar-refractivity contribution in [2.75, 3.05) is 0 Å². The summed E-state index contributed by atoms with van der Waals surface area (Å²) < 4.78 is 0. The summed E-state index contributed by atoms with van der Waals surface area (Å²) >= 11 is 0. The van der Waals surface area contributed by atoms with Crippen LogP contribution in [0.2, 0.25) is 0 Å². The third-order valence-corrected chi connectivity index (χ3v) is 1.79. The first-order valence-corrected chi connectivity index (χ1v) is 4.91. The van der Waals surface area contributed by atoms with Gasteiger partial charge in [0.25, 0.3) is 0 Å². The molecule has 0 amide bonds. The lowest BCUT2D eigenvalue weighted by molar-refractivity contribution is 0.549. The molecule has 1 nitrogen and oxygen atoms in total. The van der Waals surface area contributed by atoms with Crippen LogP contribution in [0.1, 0.15) is 51.9 Å². The van der Waals surface area contributed by atoms with Gasteiger partial charge in [0.05, 0.1) is 0 Å². The SMILES string of the molecule is CCCCC/C=C/CCC[C]=O. The van der Waals surface area contributed by atoms with Crippen LogP contribution in [0.25, 0.3) is 0 Å². The zero-order chi connectivity index (χ0) is 9.07. The van der Waals surface area contributed by atoms with E-state index in [0.717, 1.165) is 12.8 Å². The Kier molecular flexibility index (Phi) is 9.90. The second kappa shape index (κ2) is 10.4. The highest BCUT2D eigenvalue weighted by Crippen LogP contribution is 2.01. The highest BCUT2D eigenvalue weighted by molar-refractivity contribution is 5.50. The van der Waals surface area contributed by atoms with E-state index in [1.165, 1.54) is 25.7 Å². The summed E-state index contributed by atoms with van der Waals surface area (Å²) in [6, 6.07) is 0. The Morgan fingerprint density at radius 1 is 1.08 bits per heavy atom. The molecule has 0 aliphatic heterocycles. The van der Waals surface area contributed by atoms with Crippen molar-refractivity contribution in [2.45, 2.75) is 51.9 Å². The van der Waals surface area contributed by atoms with Crippen LogP contribution in [0.5, 0.6) is 0 Å². The van der Waals surface area contributed by atoms with Crippen molar-refractivity contribution in [3.05, 3.63) is 12.2 Å². The Labute approximate surface area is 75.9 Å². The molecule has 12 heavy (non-hydrogen) atoms. The molecule has 0 bridgehead atoms. The minimum Gasteiger partial charge on any atom is -0.291 e. The number of allylic oxidation sites excluding steroid dienone is 2. The summed E-state index contributed by atoms with van der Waals surface area (Å²) in [5.74, 6) is 0. The molecule has 1 radical (unpaired) electrons. The second-order valence-corrected chi connectivity index (χ2v) is 3.00. The minimum atomic E-state index is 0.583. The fraction of sp³-hybridized carbons (Fsp3) is 0.727. The molecule has 1 heteroatoms. The first-order valence-electron chi connectivity index (χ1n) is 4.91. The number of hydrogen-bond donors (Lipinski definition) is 0. The lowest BCUT2D eigenvalue weighted by Crippen LogP contribution is -1.74. The van der Waals surface area contributed by atoms with Gasteiger partial charge in [-0.25, -0.2) is 0 Å².